The molecule has 6 heteroatoms. The summed E-state index contributed by atoms with van der Waals surface area (Å²) < 4.78 is 7.40. The lowest BCUT2D eigenvalue weighted by atomic mass is 9.81. The molecule has 148 valence electrons. The quantitative estimate of drug-likeness (QED) is 0.755. The normalized spacial score (nSPS) is 24.1. The van der Waals surface area contributed by atoms with Crippen molar-refractivity contribution in [1.82, 2.24) is 24.6 Å². The van der Waals surface area contributed by atoms with Crippen molar-refractivity contribution >= 4 is 11.0 Å². The second-order valence-electron chi connectivity index (χ2n) is 8.32. The van der Waals surface area contributed by atoms with Crippen molar-refractivity contribution in [1.29, 1.82) is 0 Å². The van der Waals surface area contributed by atoms with Crippen LogP contribution in [0.25, 0.3) is 22.2 Å². The Labute approximate surface area is 165 Å². The molecule has 0 spiro atoms. The van der Waals surface area contributed by atoms with Gasteiger partial charge in [0.25, 0.3) is 0 Å². The maximum absolute atomic E-state index is 5.51. The molecular formula is C22H29N5O. The first-order valence-electron chi connectivity index (χ1n) is 10.5. The van der Waals surface area contributed by atoms with E-state index in [-0.39, 0.29) is 0 Å². The number of hydrogen-bond acceptors (Lipinski definition) is 4. The highest BCUT2D eigenvalue weighted by atomic mass is 16.5. The number of fused-ring (bicyclic) bond motifs is 1. The van der Waals surface area contributed by atoms with Gasteiger partial charge in [0.05, 0.1) is 18.9 Å². The lowest BCUT2D eigenvalue weighted by Gasteiger charge is -2.38. The number of pyridine rings is 1. The molecule has 0 aromatic carbocycles. The molecule has 2 fully saturated rings. The van der Waals surface area contributed by atoms with Gasteiger partial charge in [0.15, 0.2) is 0 Å². The third-order valence-corrected chi connectivity index (χ3v) is 6.59. The lowest BCUT2D eigenvalue weighted by Crippen LogP contribution is -2.44. The van der Waals surface area contributed by atoms with E-state index >= 15 is 0 Å². The molecule has 4 heterocycles. The van der Waals surface area contributed by atoms with Crippen molar-refractivity contribution in [2.75, 3.05) is 26.3 Å². The molecule has 0 amide bonds. The number of aromatic nitrogens is 4. The van der Waals surface area contributed by atoms with Gasteiger partial charge in [0.2, 0.25) is 0 Å². The van der Waals surface area contributed by atoms with E-state index in [4.69, 9.17) is 9.72 Å². The number of aromatic amines is 1. The second-order valence-corrected chi connectivity index (χ2v) is 8.32. The molecule has 0 bridgehead atoms. The third kappa shape index (κ3) is 3.25. The molecule has 1 aliphatic heterocycles. The summed E-state index contributed by atoms with van der Waals surface area (Å²) in [5, 5.41) is 5.72. The zero-order valence-electron chi connectivity index (χ0n) is 16.8. The minimum Gasteiger partial charge on any atom is -0.379 e. The largest absolute Gasteiger partial charge is 0.379 e. The van der Waals surface area contributed by atoms with Crippen LogP contribution in [0, 0.1) is 6.92 Å². The summed E-state index contributed by atoms with van der Waals surface area (Å²) in [5.74, 6) is 0.618. The number of aryl methyl sites for hydroxylation is 2. The second kappa shape index (κ2) is 7.33. The summed E-state index contributed by atoms with van der Waals surface area (Å²) in [4.78, 5) is 10.7. The van der Waals surface area contributed by atoms with Crippen molar-refractivity contribution in [3.05, 3.63) is 35.9 Å². The Morgan fingerprint density at radius 2 is 1.89 bits per heavy atom. The van der Waals surface area contributed by atoms with Crippen LogP contribution < -0.4 is 0 Å². The van der Waals surface area contributed by atoms with Crippen LogP contribution in [-0.2, 0) is 11.8 Å². The first kappa shape index (κ1) is 17.9. The number of morpholine rings is 1. The van der Waals surface area contributed by atoms with Crippen LogP contribution in [0.4, 0.5) is 0 Å². The minimum absolute atomic E-state index is 0.618. The van der Waals surface area contributed by atoms with E-state index in [1.54, 1.807) is 0 Å². The minimum atomic E-state index is 0.618. The monoisotopic (exact) mass is 379 g/mol. The fraction of sp³-hybridized carbons (Fsp3) is 0.545. The summed E-state index contributed by atoms with van der Waals surface area (Å²) in [6.07, 6.45) is 11.3. The highest BCUT2D eigenvalue weighted by Gasteiger charge is 2.28. The average Bonchev–Trinajstić information content (AvgIpc) is 3.30. The summed E-state index contributed by atoms with van der Waals surface area (Å²) in [6, 6.07) is 3.10. The number of H-pyrrole nitrogens is 1. The fourth-order valence-corrected chi connectivity index (χ4v) is 5.05. The fourth-order valence-electron chi connectivity index (χ4n) is 5.05. The lowest BCUT2D eigenvalue weighted by molar-refractivity contribution is 0.00729. The Bertz CT molecular complexity index is 961. The predicted molar refractivity (Wildman–Crippen MR) is 110 cm³/mol. The molecule has 6 nitrogen and oxygen atoms in total. The summed E-state index contributed by atoms with van der Waals surface area (Å²) in [5.41, 5.74) is 5.79. The molecule has 1 N–H and O–H groups in total. The van der Waals surface area contributed by atoms with Crippen molar-refractivity contribution in [3.8, 4) is 11.1 Å². The summed E-state index contributed by atoms with van der Waals surface area (Å²) >= 11 is 0. The molecule has 0 atom stereocenters. The van der Waals surface area contributed by atoms with Gasteiger partial charge in [-0.3, -0.25) is 9.58 Å². The predicted octanol–water partition coefficient (Wildman–Crippen LogP) is 3.63. The molecule has 3 aromatic rings. The smallest absolute Gasteiger partial charge is 0.137 e. The summed E-state index contributed by atoms with van der Waals surface area (Å²) in [6.45, 7) is 6.05. The van der Waals surface area contributed by atoms with Crippen molar-refractivity contribution < 1.29 is 4.74 Å². The Morgan fingerprint density at radius 3 is 2.61 bits per heavy atom. The molecule has 0 unspecified atom stereocenters. The van der Waals surface area contributed by atoms with Gasteiger partial charge < -0.3 is 9.72 Å². The molecule has 0 radical (unpaired) electrons. The average molecular weight is 380 g/mol. The molecular weight excluding hydrogens is 350 g/mol. The maximum Gasteiger partial charge on any atom is 0.137 e. The number of ether oxygens (including phenoxy) is 1. The maximum atomic E-state index is 5.51. The molecule has 3 aromatic heterocycles. The molecule has 2 aliphatic rings. The summed E-state index contributed by atoms with van der Waals surface area (Å²) in [7, 11) is 1.97. The van der Waals surface area contributed by atoms with Crippen LogP contribution in [0.15, 0.2) is 24.7 Å². The number of rotatable bonds is 3. The highest BCUT2D eigenvalue weighted by molar-refractivity contribution is 5.94. The van der Waals surface area contributed by atoms with Crippen LogP contribution in [0.2, 0.25) is 0 Å². The molecule has 1 saturated heterocycles. The van der Waals surface area contributed by atoms with E-state index in [1.165, 1.54) is 47.8 Å². The Morgan fingerprint density at radius 1 is 1.11 bits per heavy atom. The number of hydrogen-bond donors (Lipinski definition) is 1. The van der Waals surface area contributed by atoms with Gasteiger partial charge in [0.1, 0.15) is 5.65 Å². The van der Waals surface area contributed by atoms with E-state index in [0.29, 0.717) is 5.92 Å². The first-order valence-corrected chi connectivity index (χ1v) is 10.5. The van der Waals surface area contributed by atoms with Crippen LogP contribution in [0.1, 0.15) is 42.9 Å². The van der Waals surface area contributed by atoms with E-state index < -0.39 is 0 Å². The van der Waals surface area contributed by atoms with Crippen LogP contribution in [0.3, 0.4) is 0 Å². The zero-order valence-corrected chi connectivity index (χ0v) is 16.8. The van der Waals surface area contributed by atoms with Crippen molar-refractivity contribution in [2.24, 2.45) is 7.05 Å². The first-order chi connectivity index (χ1) is 13.7. The van der Waals surface area contributed by atoms with Crippen LogP contribution in [-0.4, -0.2) is 57.0 Å². The van der Waals surface area contributed by atoms with Crippen LogP contribution in [0.5, 0.6) is 0 Å². The Kier molecular flexibility index (Phi) is 4.69. The van der Waals surface area contributed by atoms with Gasteiger partial charge in [-0.05, 0) is 50.2 Å². The molecule has 1 saturated carbocycles. The van der Waals surface area contributed by atoms with E-state index in [1.807, 2.05) is 11.7 Å². The van der Waals surface area contributed by atoms with Gasteiger partial charge in [0, 0.05) is 61.3 Å². The topological polar surface area (TPSA) is 59.0 Å². The molecule has 28 heavy (non-hydrogen) atoms. The standard InChI is InChI=1S/C22H29N5O/c1-15-21(14-26(2)25-15)20-13-24-22-19(20)11-17(12-23-22)16-3-5-18(6-4-16)27-7-9-28-10-8-27/h11-14,16,18H,3-10H2,1-2H3,(H,23,24)/t16-,18+. The highest BCUT2D eigenvalue weighted by Crippen LogP contribution is 2.37. The van der Waals surface area contributed by atoms with E-state index in [0.717, 1.165) is 43.7 Å². The van der Waals surface area contributed by atoms with E-state index in [2.05, 4.69) is 46.6 Å². The van der Waals surface area contributed by atoms with Crippen LogP contribution >= 0.6 is 0 Å². The number of nitrogens with one attached hydrogen (secondary N) is 1. The van der Waals surface area contributed by atoms with Crippen molar-refractivity contribution in [3.63, 3.8) is 0 Å². The van der Waals surface area contributed by atoms with Gasteiger partial charge in [-0.25, -0.2) is 4.98 Å². The van der Waals surface area contributed by atoms with Gasteiger partial charge in [-0.15, -0.1) is 0 Å². The SMILES string of the molecule is Cc1nn(C)cc1-c1c[nH]c2ncc([C@H]3CC[C@@H](N4CCOCC4)CC3)cc12. The van der Waals surface area contributed by atoms with Crippen molar-refractivity contribution in [2.45, 2.75) is 44.6 Å². The Balaban J connectivity index is 1.37. The molecule has 5 rings (SSSR count). The Hall–Kier alpha value is -2.18. The van der Waals surface area contributed by atoms with Gasteiger partial charge >= 0.3 is 0 Å². The van der Waals surface area contributed by atoms with E-state index in [9.17, 15) is 0 Å². The van der Waals surface area contributed by atoms with Gasteiger partial charge in [-0.1, -0.05) is 0 Å². The van der Waals surface area contributed by atoms with Gasteiger partial charge in [-0.2, -0.15) is 5.10 Å². The molecule has 1 aliphatic carbocycles. The zero-order chi connectivity index (χ0) is 19.1. The number of nitrogens with zero attached hydrogens (tertiary/aromatic N) is 4. The third-order valence-electron chi connectivity index (χ3n) is 6.59.